The van der Waals surface area contributed by atoms with Gasteiger partial charge in [-0.05, 0) is 42.8 Å². The Hall–Kier alpha value is -3.39. The third-order valence-corrected chi connectivity index (χ3v) is 4.81. The van der Waals surface area contributed by atoms with Gasteiger partial charge in [0.2, 0.25) is 5.91 Å². The van der Waals surface area contributed by atoms with Crippen molar-refractivity contribution in [3.05, 3.63) is 60.1 Å². The van der Waals surface area contributed by atoms with Gasteiger partial charge in [-0.1, -0.05) is 17.7 Å². The number of para-hydroxylation sites is 1. The first-order chi connectivity index (χ1) is 14.1. The largest absolute Gasteiger partial charge is 0.484 e. The van der Waals surface area contributed by atoms with Crippen molar-refractivity contribution in [3.63, 3.8) is 0 Å². The zero-order valence-electron chi connectivity index (χ0n) is 15.4. The number of nitrogens with one attached hydrogen (secondary N) is 1. The number of benzene rings is 2. The Morgan fingerprint density at radius 1 is 1.21 bits per heavy atom. The number of carbonyl (C=O) groups excluding carboxylic acids is 2. The summed E-state index contributed by atoms with van der Waals surface area (Å²) < 4.78 is 7.05. The number of nitrogens with zero attached hydrogens (tertiary/aromatic N) is 4. The van der Waals surface area contributed by atoms with Crippen LogP contribution in [-0.4, -0.2) is 39.7 Å². The highest BCUT2D eigenvalue weighted by Crippen LogP contribution is 2.28. The first kappa shape index (κ1) is 18.9. The molecule has 0 saturated carbocycles. The number of hydrogen-bond donors (Lipinski definition) is 1. The topological polar surface area (TPSA) is 89.4 Å². The Morgan fingerprint density at radius 2 is 2.03 bits per heavy atom. The van der Waals surface area contributed by atoms with E-state index in [0.29, 0.717) is 28.6 Å². The average Bonchev–Trinajstić information content (AvgIpc) is 3.39. The summed E-state index contributed by atoms with van der Waals surface area (Å²) in [4.78, 5) is 29.8. The van der Waals surface area contributed by atoms with Gasteiger partial charge in [0.05, 0.1) is 10.7 Å². The van der Waals surface area contributed by atoms with Crippen LogP contribution in [0.15, 0.2) is 55.1 Å². The molecule has 3 aromatic rings. The van der Waals surface area contributed by atoms with Gasteiger partial charge < -0.3 is 15.0 Å². The SMILES string of the molecule is O=C(COc1ccc(N2CCCC2=O)cc1)Nc1cccc(Cl)c1-n1cncn1. The minimum Gasteiger partial charge on any atom is -0.484 e. The number of carbonyl (C=O) groups is 2. The van der Waals surface area contributed by atoms with Crippen LogP contribution in [0.4, 0.5) is 11.4 Å². The molecule has 9 heteroatoms. The van der Waals surface area contributed by atoms with Crippen LogP contribution in [0.5, 0.6) is 5.75 Å². The van der Waals surface area contributed by atoms with Gasteiger partial charge in [0.1, 0.15) is 24.1 Å². The number of halogens is 1. The maximum atomic E-state index is 12.4. The van der Waals surface area contributed by atoms with E-state index in [2.05, 4.69) is 15.4 Å². The summed E-state index contributed by atoms with van der Waals surface area (Å²) >= 11 is 6.26. The molecular weight excluding hydrogens is 394 g/mol. The van der Waals surface area contributed by atoms with Crippen LogP contribution in [0.25, 0.3) is 5.69 Å². The molecule has 2 heterocycles. The number of amides is 2. The van der Waals surface area contributed by atoms with Crippen molar-refractivity contribution < 1.29 is 14.3 Å². The van der Waals surface area contributed by atoms with Crippen molar-refractivity contribution in [2.24, 2.45) is 0 Å². The molecule has 1 N–H and O–H groups in total. The summed E-state index contributed by atoms with van der Waals surface area (Å²) in [6.07, 6.45) is 4.34. The Kier molecular flexibility index (Phi) is 5.44. The van der Waals surface area contributed by atoms with Crippen molar-refractivity contribution in [3.8, 4) is 11.4 Å². The molecule has 148 valence electrons. The van der Waals surface area contributed by atoms with Gasteiger partial charge in [0, 0.05) is 18.7 Å². The molecule has 1 aromatic heterocycles. The van der Waals surface area contributed by atoms with Crippen LogP contribution in [0.1, 0.15) is 12.8 Å². The lowest BCUT2D eigenvalue weighted by atomic mass is 10.2. The zero-order valence-corrected chi connectivity index (χ0v) is 16.2. The van der Waals surface area contributed by atoms with Gasteiger partial charge in [-0.3, -0.25) is 9.59 Å². The minimum atomic E-state index is -0.340. The van der Waals surface area contributed by atoms with Crippen molar-refractivity contribution in [1.82, 2.24) is 14.8 Å². The molecule has 29 heavy (non-hydrogen) atoms. The van der Waals surface area contributed by atoms with Crippen LogP contribution in [0.2, 0.25) is 5.02 Å². The molecule has 4 rings (SSSR count). The standard InChI is InChI=1S/C20H18ClN5O3/c21-16-3-1-4-17(20(16)26-13-22-12-23-26)24-18(27)11-29-15-8-6-14(7-9-15)25-10-2-5-19(25)28/h1,3-4,6-9,12-13H,2,5,10-11H2,(H,24,27). The Labute approximate surface area is 172 Å². The van der Waals surface area contributed by atoms with Crippen molar-refractivity contribution >= 4 is 34.8 Å². The fourth-order valence-electron chi connectivity index (χ4n) is 3.15. The van der Waals surface area contributed by atoms with Crippen LogP contribution in [0.3, 0.4) is 0 Å². The summed E-state index contributed by atoms with van der Waals surface area (Å²) in [6, 6.07) is 12.3. The smallest absolute Gasteiger partial charge is 0.262 e. The van der Waals surface area contributed by atoms with E-state index in [1.165, 1.54) is 17.3 Å². The first-order valence-electron chi connectivity index (χ1n) is 9.08. The maximum Gasteiger partial charge on any atom is 0.262 e. The predicted molar refractivity (Wildman–Crippen MR) is 109 cm³/mol. The van der Waals surface area contributed by atoms with Crippen molar-refractivity contribution in [2.75, 3.05) is 23.4 Å². The van der Waals surface area contributed by atoms with E-state index < -0.39 is 0 Å². The zero-order chi connectivity index (χ0) is 20.2. The second-order valence-corrected chi connectivity index (χ2v) is 6.86. The second kappa shape index (κ2) is 8.32. The highest BCUT2D eigenvalue weighted by molar-refractivity contribution is 6.33. The molecule has 0 aliphatic carbocycles. The molecule has 1 fully saturated rings. The summed E-state index contributed by atoms with van der Waals surface area (Å²) in [7, 11) is 0. The van der Waals surface area contributed by atoms with E-state index in [0.717, 1.165) is 18.7 Å². The van der Waals surface area contributed by atoms with Crippen LogP contribution in [-0.2, 0) is 9.59 Å². The highest BCUT2D eigenvalue weighted by Gasteiger charge is 2.21. The van der Waals surface area contributed by atoms with Crippen LogP contribution < -0.4 is 15.0 Å². The van der Waals surface area contributed by atoms with Gasteiger partial charge in [0.25, 0.3) is 5.91 Å². The van der Waals surface area contributed by atoms with Gasteiger partial charge in [0.15, 0.2) is 6.61 Å². The van der Waals surface area contributed by atoms with E-state index in [1.807, 2.05) is 12.1 Å². The van der Waals surface area contributed by atoms with E-state index in [9.17, 15) is 9.59 Å². The maximum absolute atomic E-state index is 12.4. The minimum absolute atomic E-state index is 0.128. The van der Waals surface area contributed by atoms with Crippen LogP contribution >= 0.6 is 11.6 Å². The van der Waals surface area contributed by atoms with Crippen molar-refractivity contribution in [1.29, 1.82) is 0 Å². The predicted octanol–water partition coefficient (Wildman–Crippen LogP) is 3.07. The molecule has 2 aromatic carbocycles. The highest BCUT2D eigenvalue weighted by atomic mass is 35.5. The van der Waals surface area contributed by atoms with E-state index in [-0.39, 0.29) is 18.4 Å². The van der Waals surface area contributed by atoms with Gasteiger partial charge >= 0.3 is 0 Å². The molecule has 0 spiro atoms. The van der Waals surface area contributed by atoms with Gasteiger partial charge in [-0.25, -0.2) is 9.67 Å². The lowest BCUT2D eigenvalue weighted by molar-refractivity contribution is -0.118. The second-order valence-electron chi connectivity index (χ2n) is 6.46. The Balaban J connectivity index is 1.39. The van der Waals surface area contributed by atoms with E-state index in [1.54, 1.807) is 35.2 Å². The molecule has 1 saturated heterocycles. The molecular formula is C20H18ClN5O3. The van der Waals surface area contributed by atoms with Crippen LogP contribution in [0, 0.1) is 0 Å². The normalized spacial score (nSPS) is 13.6. The molecule has 0 bridgehead atoms. The molecule has 0 radical (unpaired) electrons. The summed E-state index contributed by atoms with van der Waals surface area (Å²) in [5.41, 5.74) is 1.86. The fraction of sp³-hybridized carbons (Fsp3) is 0.200. The number of ether oxygens (including phenoxy) is 1. The van der Waals surface area contributed by atoms with Gasteiger partial charge in [-0.15, -0.1) is 0 Å². The Morgan fingerprint density at radius 3 is 2.72 bits per heavy atom. The molecule has 8 nitrogen and oxygen atoms in total. The third kappa shape index (κ3) is 4.22. The molecule has 0 unspecified atom stereocenters. The van der Waals surface area contributed by atoms with Crippen molar-refractivity contribution in [2.45, 2.75) is 12.8 Å². The Bertz CT molecular complexity index is 1020. The van der Waals surface area contributed by atoms with Gasteiger partial charge in [-0.2, -0.15) is 5.10 Å². The van der Waals surface area contributed by atoms with E-state index in [4.69, 9.17) is 16.3 Å². The summed E-state index contributed by atoms with van der Waals surface area (Å²) in [6.45, 7) is 0.556. The third-order valence-electron chi connectivity index (χ3n) is 4.50. The molecule has 2 amide bonds. The molecule has 0 atom stereocenters. The first-order valence-corrected chi connectivity index (χ1v) is 9.46. The lowest BCUT2D eigenvalue weighted by Gasteiger charge is -2.16. The number of anilines is 2. The summed E-state index contributed by atoms with van der Waals surface area (Å²) in [5.74, 6) is 0.327. The number of hydrogen-bond acceptors (Lipinski definition) is 5. The molecule has 1 aliphatic rings. The fourth-order valence-corrected chi connectivity index (χ4v) is 3.41. The molecule has 1 aliphatic heterocycles. The monoisotopic (exact) mass is 411 g/mol. The average molecular weight is 412 g/mol. The van der Waals surface area contributed by atoms with E-state index >= 15 is 0 Å². The quantitative estimate of drug-likeness (QED) is 0.673. The number of aromatic nitrogens is 3. The summed E-state index contributed by atoms with van der Waals surface area (Å²) in [5, 5.41) is 7.28. The number of rotatable bonds is 6. The lowest BCUT2D eigenvalue weighted by Crippen LogP contribution is -2.23.